The molecular weight excluding hydrogens is 260 g/mol. The van der Waals surface area contributed by atoms with Crippen molar-refractivity contribution in [2.75, 3.05) is 20.3 Å². The Hall–Kier alpha value is -0.930. The van der Waals surface area contributed by atoms with Crippen LogP contribution in [0.15, 0.2) is 21.6 Å². The Morgan fingerprint density at radius 2 is 2.28 bits per heavy atom. The second kappa shape index (κ2) is 6.86. The van der Waals surface area contributed by atoms with Gasteiger partial charge in [0, 0.05) is 19.8 Å². The summed E-state index contributed by atoms with van der Waals surface area (Å²) in [6.45, 7) is 0.828. The lowest BCUT2D eigenvalue weighted by atomic mass is 10.2. The van der Waals surface area contributed by atoms with Crippen molar-refractivity contribution in [1.82, 2.24) is 5.32 Å². The summed E-state index contributed by atoms with van der Waals surface area (Å²) in [7, 11) is -2.23. The average Bonchev–Trinajstić information content (AvgIpc) is 2.75. The molecule has 0 saturated carbocycles. The average molecular weight is 278 g/mol. The van der Waals surface area contributed by atoms with Crippen molar-refractivity contribution >= 4 is 10.0 Å². The standard InChI is InChI=1S/C10H18N2O5S/c1-16-7-8(4-5-13)12-6-9-2-3-10(17-9)18(11,14)15/h2-3,8,12-13H,4-7H2,1H3,(H2,11,14,15). The number of rotatable bonds is 8. The molecule has 1 rings (SSSR count). The van der Waals surface area contributed by atoms with Gasteiger partial charge in [-0.1, -0.05) is 0 Å². The Labute approximate surface area is 106 Å². The first kappa shape index (κ1) is 15.1. The minimum atomic E-state index is -3.80. The fourth-order valence-corrected chi connectivity index (χ4v) is 1.93. The Bertz CT molecular complexity index is 451. The highest BCUT2D eigenvalue weighted by Crippen LogP contribution is 2.12. The van der Waals surface area contributed by atoms with Gasteiger partial charge in [0.05, 0.1) is 13.2 Å². The van der Waals surface area contributed by atoms with Crippen molar-refractivity contribution in [1.29, 1.82) is 0 Å². The van der Waals surface area contributed by atoms with Crippen molar-refractivity contribution in [3.63, 3.8) is 0 Å². The fourth-order valence-electron chi connectivity index (χ4n) is 1.45. The van der Waals surface area contributed by atoms with Gasteiger partial charge in [0.25, 0.3) is 10.0 Å². The Morgan fingerprint density at radius 1 is 1.56 bits per heavy atom. The molecule has 0 spiro atoms. The predicted octanol–water partition coefficient (Wildman–Crippen LogP) is -0.586. The number of methoxy groups -OCH3 is 1. The highest BCUT2D eigenvalue weighted by Gasteiger charge is 2.14. The molecule has 0 saturated heterocycles. The van der Waals surface area contributed by atoms with Crippen LogP contribution in [0.25, 0.3) is 0 Å². The number of ether oxygens (including phenoxy) is 1. The molecule has 4 N–H and O–H groups in total. The molecule has 1 unspecified atom stereocenters. The zero-order valence-electron chi connectivity index (χ0n) is 10.1. The molecule has 0 fully saturated rings. The molecule has 18 heavy (non-hydrogen) atoms. The lowest BCUT2D eigenvalue weighted by Crippen LogP contribution is -2.33. The van der Waals surface area contributed by atoms with Gasteiger partial charge in [-0.25, -0.2) is 13.6 Å². The van der Waals surface area contributed by atoms with E-state index in [4.69, 9.17) is 19.4 Å². The third-order valence-corrected chi connectivity index (χ3v) is 3.11. The van der Waals surface area contributed by atoms with Crippen LogP contribution in [0.4, 0.5) is 0 Å². The van der Waals surface area contributed by atoms with Gasteiger partial charge in [0.15, 0.2) is 0 Å². The van der Waals surface area contributed by atoms with E-state index < -0.39 is 10.0 Å². The summed E-state index contributed by atoms with van der Waals surface area (Å²) < 4.78 is 32.1. The number of nitrogens with one attached hydrogen (secondary N) is 1. The predicted molar refractivity (Wildman–Crippen MR) is 64.3 cm³/mol. The number of aliphatic hydroxyl groups excluding tert-OH is 1. The molecule has 0 aliphatic heterocycles. The van der Waals surface area contributed by atoms with Gasteiger partial charge in [0.2, 0.25) is 5.09 Å². The molecule has 0 aromatic carbocycles. The topological polar surface area (TPSA) is 115 Å². The second-order valence-electron chi connectivity index (χ2n) is 3.81. The van der Waals surface area contributed by atoms with Crippen LogP contribution in [0.5, 0.6) is 0 Å². The maximum absolute atomic E-state index is 11.0. The molecule has 104 valence electrons. The number of furan rings is 1. The highest BCUT2D eigenvalue weighted by molar-refractivity contribution is 7.89. The summed E-state index contributed by atoms with van der Waals surface area (Å²) in [6.07, 6.45) is 0.538. The van der Waals surface area contributed by atoms with E-state index >= 15 is 0 Å². The number of primary sulfonamides is 1. The van der Waals surface area contributed by atoms with Gasteiger partial charge in [-0.05, 0) is 18.6 Å². The number of nitrogens with two attached hydrogens (primary N) is 1. The lowest BCUT2D eigenvalue weighted by Gasteiger charge is -2.15. The van der Waals surface area contributed by atoms with E-state index in [1.165, 1.54) is 12.1 Å². The van der Waals surface area contributed by atoms with Crippen molar-refractivity contribution < 1.29 is 22.7 Å². The molecule has 1 aromatic rings. The van der Waals surface area contributed by atoms with Crippen LogP contribution in [0.1, 0.15) is 12.2 Å². The van der Waals surface area contributed by atoms with Crippen molar-refractivity contribution in [3.8, 4) is 0 Å². The van der Waals surface area contributed by atoms with Crippen molar-refractivity contribution in [3.05, 3.63) is 17.9 Å². The van der Waals surface area contributed by atoms with E-state index in [-0.39, 0.29) is 17.7 Å². The van der Waals surface area contributed by atoms with Crippen molar-refractivity contribution in [2.24, 2.45) is 5.14 Å². The zero-order valence-corrected chi connectivity index (χ0v) is 10.9. The fraction of sp³-hybridized carbons (Fsp3) is 0.600. The molecular formula is C10H18N2O5S. The first-order chi connectivity index (χ1) is 8.47. The van der Waals surface area contributed by atoms with Gasteiger partial charge in [-0.15, -0.1) is 0 Å². The molecule has 8 heteroatoms. The Kier molecular flexibility index (Phi) is 5.76. The molecule has 0 radical (unpaired) electrons. The van der Waals surface area contributed by atoms with E-state index in [1.54, 1.807) is 7.11 Å². The van der Waals surface area contributed by atoms with E-state index in [0.717, 1.165) is 0 Å². The van der Waals surface area contributed by atoms with Crippen LogP contribution in [0.3, 0.4) is 0 Å². The van der Waals surface area contributed by atoms with Crippen LogP contribution >= 0.6 is 0 Å². The van der Waals surface area contributed by atoms with Gasteiger partial charge in [-0.2, -0.15) is 0 Å². The van der Waals surface area contributed by atoms with Crippen LogP contribution in [0, 0.1) is 0 Å². The Morgan fingerprint density at radius 3 is 2.78 bits per heavy atom. The van der Waals surface area contributed by atoms with E-state index in [0.29, 0.717) is 25.3 Å². The molecule has 1 atom stereocenters. The third kappa shape index (κ3) is 4.75. The molecule has 1 aromatic heterocycles. The largest absolute Gasteiger partial charge is 0.447 e. The van der Waals surface area contributed by atoms with Gasteiger partial charge in [-0.3, -0.25) is 0 Å². The lowest BCUT2D eigenvalue weighted by molar-refractivity contribution is 0.146. The minimum absolute atomic E-state index is 0.0250. The molecule has 7 nitrogen and oxygen atoms in total. The molecule has 1 heterocycles. The quantitative estimate of drug-likeness (QED) is 0.585. The number of aliphatic hydroxyl groups is 1. The van der Waals surface area contributed by atoms with Crippen molar-refractivity contribution in [2.45, 2.75) is 24.1 Å². The van der Waals surface area contributed by atoms with Crippen LogP contribution in [-0.2, 0) is 21.3 Å². The second-order valence-corrected chi connectivity index (χ2v) is 5.30. The third-order valence-electron chi connectivity index (χ3n) is 2.33. The summed E-state index contributed by atoms with van der Waals surface area (Å²) in [4.78, 5) is 0. The number of hydrogen-bond donors (Lipinski definition) is 3. The summed E-state index contributed by atoms with van der Waals surface area (Å²) in [5.41, 5.74) is 0. The maximum Gasteiger partial charge on any atom is 0.271 e. The van der Waals surface area contributed by atoms with Crippen LogP contribution in [-0.4, -0.2) is 39.9 Å². The molecule has 0 aliphatic rings. The maximum atomic E-state index is 11.0. The molecule has 0 amide bonds. The number of hydrogen-bond acceptors (Lipinski definition) is 6. The first-order valence-electron chi connectivity index (χ1n) is 5.42. The van der Waals surface area contributed by atoms with Gasteiger partial charge in [0.1, 0.15) is 5.76 Å². The van der Waals surface area contributed by atoms with E-state index in [2.05, 4.69) is 5.32 Å². The molecule has 0 aliphatic carbocycles. The van der Waals surface area contributed by atoms with E-state index in [9.17, 15) is 8.42 Å². The molecule has 0 bridgehead atoms. The Balaban J connectivity index is 2.54. The highest BCUT2D eigenvalue weighted by atomic mass is 32.2. The van der Waals surface area contributed by atoms with Crippen LogP contribution < -0.4 is 10.5 Å². The van der Waals surface area contributed by atoms with Gasteiger partial charge >= 0.3 is 0 Å². The van der Waals surface area contributed by atoms with E-state index in [1.807, 2.05) is 0 Å². The minimum Gasteiger partial charge on any atom is -0.447 e. The summed E-state index contributed by atoms with van der Waals surface area (Å²) in [5.74, 6) is 0.457. The summed E-state index contributed by atoms with van der Waals surface area (Å²) in [5, 5.41) is 16.6. The smallest absolute Gasteiger partial charge is 0.271 e. The first-order valence-corrected chi connectivity index (χ1v) is 6.96. The number of sulfonamides is 1. The monoisotopic (exact) mass is 278 g/mol. The summed E-state index contributed by atoms with van der Waals surface area (Å²) in [6, 6.07) is 2.82. The summed E-state index contributed by atoms with van der Waals surface area (Å²) >= 11 is 0. The van der Waals surface area contributed by atoms with Gasteiger partial charge < -0.3 is 19.6 Å². The van der Waals surface area contributed by atoms with Crippen LogP contribution in [0.2, 0.25) is 0 Å². The SMILES string of the molecule is COCC(CCO)NCc1ccc(S(N)(=O)=O)o1. The normalized spacial score (nSPS) is 13.7. The zero-order chi connectivity index (χ0) is 13.6.